The molecule has 6 heteroatoms. The average molecular weight is 417 g/mol. The lowest BCUT2D eigenvalue weighted by Crippen LogP contribution is -2.27. The number of rotatable bonds is 7. The van der Waals surface area contributed by atoms with E-state index in [4.69, 9.17) is 14.7 Å². The average Bonchev–Trinajstić information content (AvgIpc) is 3.02. The number of aryl methyl sites for hydroxylation is 1. The lowest BCUT2D eigenvalue weighted by molar-refractivity contribution is -0.143. The van der Waals surface area contributed by atoms with Gasteiger partial charge in [0.1, 0.15) is 11.5 Å². The fourth-order valence-corrected chi connectivity index (χ4v) is 3.93. The summed E-state index contributed by atoms with van der Waals surface area (Å²) in [5.74, 6) is 1.40. The van der Waals surface area contributed by atoms with Crippen molar-refractivity contribution in [2.45, 2.75) is 39.0 Å². The van der Waals surface area contributed by atoms with E-state index in [9.17, 15) is 4.79 Å². The molecule has 0 bridgehead atoms. The summed E-state index contributed by atoms with van der Waals surface area (Å²) in [6, 6.07) is 16.5. The maximum absolute atomic E-state index is 11.7. The van der Waals surface area contributed by atoms with Crippen LogP contribution < -0.4 is 4.90 Å². The number of hydrogen-bond acceptors (Lipinski definition) is 6. The van der Waals surface area contributed by atoms with Crippen molar-refractivity contribution in [3.05, 3.63) is 71.5 Å². The number of aromatic nitrogens is 3. The molecule has 160 valence electrons. The molecule has 4 rings (SSSR count). The number of nitrogens with zero attached hydrogens (tertiary/aromatic N) is 4. The lowest BCUT2D eigenvalue weighted by Gasteiger charge is -2.22. The fourth-order valence-electron chi connectivity index (χ4n) is 3.93. The van der Waals surface area contributed by atoms with Crippen molar-refractivity contribution in [2.75, 3.05) is 24.6 Å². The summed E-state index contributed by atoms with van der Waals surface area (Å²) in [6.45, 7) is 4.07. The monoisotopic (exact) mass is 416 g/mol. The summed E-state index contributed by atoms with van der Waals surface area (Å²) >= 11 is 0. The Morgan fingerprint density at radius 3 is 2.45 bits per heavy atom. The molecule has 3 aromatic rings. The van der Waals surface area contributed by atoms with Gasteiger partial charge in [-0.3, -0.25) is 9.78 Å². The smallest absolute Gasteiger partial charge is 0.305 e. The second-order valence-electron chi connectivity index (χ2n) is 7.67. The molecule has 3 heterocycles. The second kappa shape index (κ2) is 10.2. The number of anilines is 1. The van der Waals surface area contributed by atoms with Crippen LogP contribution in [0.25, 0.3) is 11.5 Å². The molecule has 1 aromatic carbocycles. The van der Waals surface area contributed by atoms with E-state index in [1.165, 1.54) is 11.1 Å². The van der Waals surface area contributed by atoms with Crippen LogP contribution in [0.3, 0.4) is 0 Å². The summed E-state index contributed by atoms with van der Waals surface area (Å²) in [5.41, 5.74) is 4.52. The lowest BCUT2D eigenvalue weighted by atomic mass is 10.0. The van der Waals surface area contributed by atoms with Crippen molar-refractivity contribution in [1.29, 1.82) is 0 Å². The van der Waals surface area contributed by atoms with Crippen LogP contribution in [-0.2, 0) is 28.8 Å². The van der Waals surface area contributed by atoms with Gasteiger partial charge >= 0.3 is 5.97 Å². The molecule has 0 atom stereocenters. The van der Waals surface area contributed by atoms with E-state index in [0.29, 0.717) is 31.7 Å². The van der Waals surface area contributed by atoms with Crippen LogP contribution in [0.2, 0.25) is 0 Å². The zero-order chi connectivity index (χ0) is 21.5. The molecule has 31 heavy (non-hydrogen) atoms. The maximum atomic E-state index is 11.7. The maximum Gasteiger partial charge on any atom is 0.305 e. The fraction of sp³-hybridized carbons (Fsp3) is 0.360. The number of pyridine rings is 1. The Kier molecular flexibility index (Phi) is 6.87. The number of carbonyl (C=O) groups excluding carboxylic acids is 1. The minimum atomic E-state index is -0.160. The summed E-state index contributed by atoms with van der Waals surface area (Å²) in [5, 5.41) is 0. The standard InChI is InChI=1S/C25H28N4O2/c1-2-31-24(30)12-7-10-21-18-23(28-25(27-21)22-11-5-6-15-26-22)29-16-13-19-8-3-4-9-20(19)14-17-29/h3-6,8-9,11,15,18H,2,7,10,12-14,16-17H2,1H3. The summed E-state index contributed by atoms with van der Waals surface area (Å²) in [4.78, 5) is 28.1. The number of benzene rings is 1. The minimum absolute atomic E-state index is 0.160. The first kappa shape index (κ1) is 21.0. The van der Waals surface area contributed by atoms with E-state index >= 15 is 0 Å². The van der Waals surface area contributed by atoms with Crippen LogP contribution in [0.1, 0.15) is 36.6 Å². The molecule has 6 nitrogen and oxygen atoms in total. The molecular formula is C25H28N4O2. The van der Waals surface area contributed by atoms with Gasteiger partial charge in [-0.15, -0.1) is 0 Å². The molecule has 0 unspecified atom stereocenters. The summed E-state index contributed by atoms with van der Waals surface area (Å²) < 4.78 is 5.05. The molecule has 0 aliphatic carbocycles. The molecule has 1 aliphatic heterocycles. The van der Waals surface area contributed by atoms with E-state index in [0.717, 1.165) is 43.1 Å². The van der Waals surface area contributed by atoms with Crippen LogP contribution >= 0.6 is 0 Å². The van der Waals surface area contributed by atoms with E-state index in [1.54, 1.807) is 6.20 Å². The van der Waals surface area contributed by atoms with Gasteiger partial charge in [-0.05, 0) is 55.9 Å². The third-order valence-electron chi connectivity index (χ3n) is 5.52. The first-order chi connectivity index (χ1) is 15.2. The highest BCUT2D eigenvalue weighted by atomic mass is 16.5. The quantitative estimate of drug-likeness (QED) is 0.542. The van der Waals surface area contributed by atoms with E-state index in [1.807, 2.05) is 25.1 Å². The van der Waals surface area contributed by atoms with Gasteiger partial charge in [0.15, 0.2) is 5.82 Å². The topological polar surface area (TPSA) is 68.2 Å². The Balaban J connectivity index is 1.57. The van der Waals surface area contributed by atoms with Gasteiger partial charge in [-0.25, -0.2) is 9.97 Å². The number of fused-ring (bicyclic) bond motifs is 1. The van der Waals surface area contributed by atoms with Crippen molar-refractivity contribution in [1.82, 2.24) is 15.0 Å². The SMILES string of the molecule is CCOC(=O)CCCc1cc(N2CCc3ccccc3CC2)nc(-c2ccccn2)n1. The van der Waals surface area contributed by atoms with Crippen molar-refractivity contribution in [2.24, 2.45) is 0 Å². The molecule has 0 saturated heterocycles. The highest BCUT2D eigenvalue weighted by Gasteiger charge is 2.17. The molecule has 1 aliphatic rings. The number of ether oxygens (including phenoxy) is 1. The summed E-state index contributed by atoms with van der Waals surface area (Å²) in [6.07, 6.45) is 5.54. The number of esters is 1. The van der Waals surface area contributed by atoms with Crippen LogP contribution in [-0.4, -0.2) is 40.6 Å². The van der Waals surface area contributed by atoms with Crippen molar-refractivity contribution < 1.29 is 9.53 Å². The number of hydrogen-bond donors (Lipinski definition) is 0. The van der Waals surface area contributed by atoms with Crippen molar-refractivity contribution in [3.63, 3.8) is 0 Å². The van der Waals surface area contributed by atoms with Gasteiger partial charge in [0.05, 0.1) is 6.61 Å². The Morgan fingerprint density at radius 1 is 1.03 bits per heavy atom. The van der Waals surface area contributed by atoms with Crippen LogP contribution in [0.5, 0.6) is 0 Å². The van der Waals surface area contributed by atoms with Gasteiger partial charge in [0.25, 0.3) is 0 Å². The van der Waals surface area contributed by atoms with Gasteiger partial charge < -0.3 is 9.64 Å². The normalized spacial score (nSPS) is 13.4. The van der Waals surface area contributed by atoms with E-state index in [-0.39, 0.29) is 5.97 Å². The molecule has 0 amide bonds. The highest BCUT2D eigenvalue weighted by molar-refractivity contribution is 5.69. The minimum Gasteiger partial charge on any atom is -0.466 e. The first-order valence-electron chi connectivity index (χ1n) is 11.0. The molecule has 0 saturated carbocycles. The Labute approximate surface area is 183 Å². The number of carbonyl (C=O) groups is 1. The van der Waals surface area contributed by atoms with Crippen molar-refractivity contribution in [3.8, 4) is 11.5 Å². The second-order valence-corrected chi connectivity index (χ2v) is 7.67. The van der Waals surface area contributed by atoms with Crippen LogP contribution in [0.4, 0.5) is 5.82 Å². The van der Waals surface area contributed by atoms with Crippen LogP contribution in [0, 0.1) is 0 Å². The van der Waals surface area contributed by atoms with Gasteiger partial charge in [0, 0.05) is 37.5 Å². The van der Waals surface area contributed by atoms with Gasteiger partial charge in [0.2, 0.25) is 0 Å². The third kappa shape index (κ3) is 5.45. The van der Waals surface area contributed by atoms with E-state index < -0.39 is 0 Å². The molecular weight excluding hydrogens is 388 g/mol. The van der Waals surface area contributed by atoms with Crippen LogP contribution in [0.15, 0.2) is 54.7 Å². The van der Waals surface area contributed by atoms with Gasteiger partial charge in [-0.2, -0.15) is 0 Å². The summed E-state index contributed by atoms with van der Waals surface area (Å²) in [7, 11) is 0. The predicted molar refractivity (Wildman–Crippen MR) is 121 cm³/mol. The zero-order valence-corrected chi connectivity index (χ0v) is 18.0. The largest absolute Gasteiger partial charge is 0.466 e. The molecule has 0 radical (unpaired) electrons. The zero-order valence-electron chi connectivity index (χ0n) is 18.0. The molecule has 2 aromatic heterocycles. The Hall–Kier alpha value is -3.28. The molecule has 0 fully saturated rings. The Morgan fingerprint density at radius 2 is 1.77 bits per heavy atom. The Bertz CT molecular complexity index is 996. The molecule has 0 N–H and O–H groups in total. The predicted octanol–water partition coefficient (Wildman–Crippen LogP) is 4.03. The highest BCUT2D eigenvalue weighted by Crippen LogP contribution is 2.23. The first-order valence-corrected chi connectivity index (χ1v) is 11.0. The van der Waals surface area contributed by atoms with Gasteiger partial charge in [-0.1, -0.05) is 30.3 Å². The van der Waals surface area contributed by atoms with Crippen molar-refractivity contribution >= 4 is 11.8 Å². The molecule has 0 spiro atoms. The van der Waals surface area contributed by atoms with E-state index in [2.05, 4.69) is 40.2 Å². The third-order valence-corrected chi connectivity index (χ3v) is 5.52.